The predicted octanol–water partition coefficient (Wildman–Crippen LogP) is 5.73. The zero-order valence-corrected chi connectivity index (χ0v) is 17.3. The number of pyridine rings is 1. The van der Waals surface area contributed by atoms with Crippen molar-refractivity contribution < 1.29 is 27.5 Å². The molecule has 0 radical (unpaired) electrons. The van der Waals surface area contributed by atoms with Crippen LogP contribution in [-0.4, -0.2) is 22.1 Å². The van der Waals surface area contributed by atoms with Crippen molar-refractivity contribution in [3.05, 3.63) is 46.4 Å². The van der Waals surface area contributed by atoms with Gasteiger partial charge in [0.15, 0.2) is 11.6 Å². The molecule has 5 nitrogen and oxygen atoms in total. The van der Waals surface area contributed by atoms with Gasteiger partial charge in [-0.05, 0) is 55.2 Å². The van der Waals surface area contributed by atoms with Crippen molar-refractivity contribution in [2.45, 2.75) is 37.9 Å². The molecule has 2 N–H and O–H groups in total. The molecule has 10 heteroatoms. The number of nitriles is 1. The third kappa shape index (κ3) is 3.88. The van der Waals surface area contributed by atoms with Crippen molar-refractivity contribution in [3.63, 3.8) is 0 Å². The van der Waals surface area contributed by atoms with Crippen molar-refractivity contribution in [2.75, 3.05) is 5.32 Å². The normalized spacial score (nSPS) is 24.8. The largest absolute Gasteiger partial charge is 0.481 e. The SMILES string of the molecule is N#Cc1c(Cl)nc(NC2C3CCC(CC3)C2C(=O)O)c(F)c1-c1ccc(C(F)(F)F)cc1. The summed E-state index contributed by atoms with van der Waals surface area (Å²) in [6.45, 7) is 0. The van der Waals surface area contributed by atoms with E-state index < -0.39 is 35.5 Å². The number of alkyl halides is 3. The van der Waals surface area contributed by atoms with Crippen LogP contribution < -0.4 is 5.32 Å². The van der Waals surface area contributed by atoms with Gasteiger partial charge in [-0.3, -0.25) is 4.79 Å². The zero-order valence-electron chi connectivity index (χ0n) is 16.6. The second-order valence-corrected chi connectivity index (χ2v) is 8.57. The summed E-state index contributed by atoms with van der Waals surface area (Å²) < 4.78 is 54.2. The molecule has 2 unspecified atom stereocenters. The Bertz CT molecular complexity index is 1090. The molecule has 3 aliphatic rings. The van der Waals surface area contributed by atoms with Crippen LogP contribution in [0.2, 0.25) is 5.15 Å². The fourth-order valence-electron chi connectivity index (χ4n) is 5.00. The number of nitrogens with zero attached hydrogens (tertiary/aromatic N) is 2. The first kappa shape index (κ1) is 22.3. The van der Waals surface area contributed by atoms with Crippen LogP contribution in [0.5, 0.6) is 0 Å². The number of rotatable bonds is 4. The van der Waals surface area contributed by atoms with E-state index >= 15 is 4.39 Å². The first-order valence-corrected chi connectivity index (χ1v) is 10.5. The molecule has 0 amide bonds. The van der Waals surface area contributed by atoms with Gasteiger partial charge < -0.3 is 10.4 Å². The molecule has 2 bridgehead atoms. The Morgan fingerprint density at radius 1 is 1.16 bits per heavy atom. The van der Waals surface area contributed by atoms with Gasteiger partial charge >= 0.3 is 12.1 Å². The van der Waals surface area contributed by atoms with E-state index in [1.807, 2.05) is 0 Å². The van der Waals surface area contributed by atoms with Gasteiger partial charge in [-0.15, -0.1) is 0 Å². The highest BCUT2D eigenvalue weighted by Gasteiger charge is 2.47. The van der Waals surface area contributed by atoms with Gasteiger partial charge in [-0.25, -0.2) is 9.37 Å². The van der Waals surface area contributed by atoms with Crippen LogP contribution in [0.3, 0.4) is 0 Å². The third-order valence-electron chi connectivity index (χ3n) is 6.51. The zero-order chi connectivity index (χ0) is 23.2. The van der Waals surface area contributed by atoms with Crippen molar-refractivity contribution in [1.29, 1.82) is 5.26 Å². The summed E-state index contributed by atoms with van der Waals surface area (Å²) in [6, 6.07) is 4.89. The Labute approximate surface area is 186 Å². The molecule has 168 valence electrons. The molecular formula is C22H18ClF4N3O2. The van der Waals surface area contributed by atoms with E-state index in [9.17, 15) is 28.3 Å². The first-order chi connectivity index (χ1) is 15.1. The number of anilines is 1. The lowest BCUT2D eigenvalue weighted by Gasteiger charge is -2.47. The van der Waals surface area contributed by atoms with Crippen LogP contribution in [0, 0.1) is 34.9 Å². The van der Waals surface area contributed by atoms with Crippen LogP contribution in [-0.2, 0) is 11.0 Å². The Morgan fingerprint density at radius 2 is 1.75 bits per heavy atom. The lowest BCUT2D eigenvalue weighted by molar-refractivity contribution is -0.148. The van der Waals surface area contributed by atoms with Gasteiger partial charge in [0.1, 0.15) is 16.8 Å². The van der Waals surface area contributed by atoms with Crippen molar-refractivity contribution in [3.8, 4) is 17.2 Å². The van der Waals surface area contributed by atoms with Gasteiger partial charge in [0.2, 0.25) is 0 Å². The number of carboxylic acid groups (broad SMARTS) is 1. The number of hydrogen-bond donors (Lipinski definition) is 2. The Hall–Kier alpha value is -2.86. The summed E-state index contributed by atoms with van der Waals surface area (Å²) in [4.78, 5) is 15.8. The Kier molecular flexibility index (Phi) is 5.76. The van der Waals surface area contributed by atoms with E-state index in [0.29, 0.717) is 0 Å². The number of benzene rings is 1. The minimum absolute atomic E-state index is 0.0197. The van der Waals surface area contributed by atoms with Crippen molar-refractivity contribution >= 4 is 23.4 Å². The topological polar surface area (TPSA) is 86.0 Å². The molecule has 5 rings (SSSR count). The van der Waals surface area contributed by atoms with Gasteiger partial charge in [-0.1, -0.05) is 23.7 Å². The molecule has 0 saturated heterocycles. The van der Waals surface area contributed by atoms with Crippen LogP contribution in [0.4, 0.5) is 23.4 Å². The van der Waals surface area contributed by atoms with Crippen LogP contribution in [0.25, 0.3) is 11.1 Å². The molecular weight excluding hydrogens is 450 g/mol. The standard InChI is InChI=1S/C22H18ClF4N3O2/c23-19-14(9-28)15(10-5-7-13(8-6-10)22(25,26)27)17(24)20(30-19)29-18-12-3-1-11(2-4-12)16(18)21(31)32/h5-8,11-12,16,18H,1-4H2,(H,29,30)(H,31,32). The van der Waals surface area contributed by atoms with E-state index in [1.165, 1.54) is 0 Å². The lowest BCUT2D eigenvalue weighted by atomic mass is 9.61. The summed E-state index contributed by atoms with van der Waals surface area (Å²) >= 11 is 6.12. The third-order valence-corrected chi connectivity index (χ3v) is 6.79. The summed E-state index contributed by atoms with van der Waals surface area (Å²) in [7, 11) is 0. The monoisotopic (exact) mass is 467 g/mol. The molecule has 3 fully saturated rings. The summed E-state index contributed by atoms with van der Waals surface area (Å²) in [6.07, 6.45) is -1.36. The van der Waals surface area contributed by atoms with Crippen LogP contribution in [0.1, 0.15) is 36.8 Å². The average Bonchev–Trinajstić information content (AvgIpc) is 2.75. The first-order valence-electron chi connectivity index (χ1n) is 10.1. The fourth-order valence-corrected chi connectivity index (χ4v) is 5.22. The van der Waals surface area contributed by atoms with Gasteiger partial charge in [-0.2, -0.15) is 18.4 Å². The molecule has 1 aromatic heterocycles. The smallest absolute Gasteiger partial charge is 0.416 e. The molecule has 0 aliphatic heterocycles. The highest BCUT2D eigenvalue weighted by atomic mass is 35.5. The van der Waals surface area contributed by atoms with E-state index in [0.717, 1.165) is 49.9 Å². The van der Waals surface area contributed by atoms with E-state index in [4.69, 9.17) is 11.6 Å². The highest BCUT2D eigenvalue weighted by Crippen LogP contribution is 2.47. The molecule has 3 saturated carbocycles. The molecule has 32 heavy (non-hydrogen) atoms. The molecule has 2 aromatic rings. The molecule has 3 aliphatic carbocycles. The fraction of sp³-hybridized carbons (Fsp3) is 0.409. The number of fused-ring (bicyclic) bond motifs is 3. The second-order valence-electron chi connectivity index (χ2n) is 8.21. The Balaban J connectivity index is 1.76. The van der Waals surface area contributed by atoms with Crippen LogP contribution in [0.15, 0.2) is 24.3 Å². The minimum Gasteiger partial charge on any atom is -0.481 e. The predicted molar refractivity (Wildman–Crippen MR) is 108 cm³/mol. The maximum absolute atomic E-state index is 15.5. The maximum Gasteiger partial charge on any atom is 0.416 e. The number of carboxylic acids is 1. The summed E-state index contributed by atoms with van der Waals surface area (Å²) in [5.41, 5.74) is -1.48. The Morgan fingerprint density at radius 3 is 2.28 bits per heavy atom. The van der Waals surface area contributed by atoms with Gasteiger partial charge in [0, 0.05) is 11.6 Å². The van der Waals surface area contributed by atoms with Crippen molar-refractivity contribution in [2.24, 2.45) is 17.8 Å². The van der Waals surface area contributed by atoms with Crippen LogP contribution >= 0.6 is 11.6 Å². The molecule has 2 atom stereocenters. The molecule has 1 heterocycles. The second kappa shape index (κ2) is 8.24. The maximum atomic E-state index is 15.5. The van der Waals surface area contributed by atoms with E-state index in [2.05, 4.69) is 10.3 Å². The highest BCUT2D eigenvalue weighted by molar-refractivity contribution is 6.31. The minimum atomic E-state index is -4.57. The lowest BCUT2D eigenvalue weighted by Crippen LogP contribution is -2.51. The quantitative estimate of drug-likeness (QED) is 0.443. The number of aromatic nitrogens is 1. The van der Waals surface area contributed by atoms with E-state index in [-0.39, 0.29) is 39.5 Å². The summed E-state index contributed by atoms with van der Waals surface area (Å²) in [5, 5.41) is 21.8. The number of aliphatic carboxylic acids is 1. The number of halogens is 5. The van der Waals surface area contributed by atoms with Crippen molar-refractivity contribution in [1.82, 2.24) is 4.98 Å². The van der Waals surface area contributed by atoms with E-state index in [1.54, 1.807) is 6.07 Å². The number of hydrogen-bond acceptors (Lipinski definition) is 4. The molecule has 1 aromatic carbocycles. The number of carbonyl (C=O) groups is 1. The van der Waals surface area contributed by atoms with Gasteiger partial charge in [0.05, 0.1) is 11.5 Å². The van der Waals surface area contributed by atoms with Gasteiger partial charge in [0.25, 0.3) is 0 Å². The molecule has 0 spiro atoms. The average molecular weight is 468 g/mol. The summed E-state index contributed by atoms with van der Waals surface area (Å²) in [5.74, 6) is -2.97. The number of nitrogens with one attached hydrogen (secondary N) is 1.